The molecule has 4 nitrogen and oxygen atoms in total. The third kappa shape index (κ3) is 3.09. The van der Waals surface area contributed by atoms with Crippen LogP contribution in [0.4, 0.5) is 0 Å². The highest BCUT2D eigenvalue weighted by Crippen LogP contribution is 2.39. The van der Waals surface area contributed by atoms with Crippen LogP contribution in [0.5, 0.6) is 0 Å². The van der Waals surface area contributed by atoms with Crippen molar-refractivity contribution in [2.24, 2.45) is 10.7 Å². The van der Waals surface area contributed by atoms with Gasteiger partial charge in [-0.15, -0.1) is 0 Å². The van der Waals surface area contributed by atoms with Crippen molar-refractivity contribution in [3.05, 3.63) is 95.6 Å². The number of benzene rings is 3. The molecule has 0 spiro atoms. The zero-order valence-electron chi connectivity index (χ0n) is 15.3. The van der Waals surface area contributed by atoms with Crippen LogP contribution >= 0.6 is 0 Å². The molecule has 0 saturated heterocycles. The Bertz CT molecular complexity index is 966. The van der Waals surface area contributed by atoms with Crippen LogP contribution in [0.3, 0.4) is 0 Å². The van der Waals surface area contributed by atoms with E-state index < -0.39 is 5.54 Å². The first kappa shape index (κ1) is 17.3. The summed E-state index contributed by atoms with van der Waals surface area (Å²) in [6.45, 7) is 0.757. The minimum absolute atomic E-state index is 0.0533. The quantitative estimate of drug-likeness (QED) is 0.753. The topological polar surface area (TPSA) is 61.8 Å². The van der Waals surface area contributed by atoms with Crippen LogP contribution in [0.1, 0.15) is 16.7 Å². The lowest BCUT2D eigenvalue weighted by atomic mass is 9.82. The first-order chi connectivity index (χ1) is 13.1. The van der Waals surface area contributed by atoms with Crippen molar-refractivity contribution in [2.45, 2.75) is 12.1 Å². The van der Waals surface area contributed by atoms with Crippen molar-refractivity contribution >= 4 is 5.96 Å². The minimum atomic E-state index is -0.513. The van der Waals surface area contributed by atoms with Gasteiger partial charge < -0.3 is 15.7 Å². The zero-order valence-corrected chi connectivity index (χ0v) is 15.3. The van der Waals surface area contributed by atoms with E-state index in [2.05, 4.69) is 36.4 Å². The van der Waals surface area contributed by atoms with Crippen LogP contribution in [0.15, 0.2) is 83.9 Å². The summed E-state index contributed by atoms with van der Waals surface area (Å²) in [6.07, 6.45) is 0. The monoisotopic (exact) mass is 357 g/mol. The van der Waals surface area contributed by atoms with Crippen molar-refractivity contribution in [1.29, 1.82) is 0 Å². The highest BCUT2D eigenvalue weighted by Gasteiger charge is 2.40. The van der Waals surface area contributed by atoms with Crippen LogP contribution in [0.25, 0.3) is 11.1 Å². The van der Waals surface area contributed by atoms with E-state index in [-0.39, 0.29) is 6.61 Å². The van der Waals surface area contributed by atoms with Gasteiger partial charge in [0.15, 0.2) is 5.96 Å². The molecule has 136 valence electrons. The van der Waals surface area contributed by atoms with Crippen LogP contribution in [0.2, 0.25) is 0 Å². The largest absolute Gasteiger partial charge is 0.392 e. The van der Waals surface area contributed by atoms with Crippen molar-refractivity contribution in [3.8, 4) is 11.1 Å². The Morgan fingerprint density at radius 3 is 2.26 bits per heavy atom. The van der Waals surface area contributed by atoms with E-state index in [1.807, 2.05) is 54.4 Å². The van der Waals surface area contributed by atoms with E-state index in [9.17, 15) is 5.11 Å². The SMILES string of the molecule is CN1CC(c2ccccc2)(c2cccc(-c3ccc(CO)cc3)c2)N=C1N. The molecule has 1 unspecified atom stereocenters. The molecule has 1 atom stereocenters. The van der Waals surface area contributed by atoms with Gasteiger partial charge in [-0.2, -0.15) is 0 Å². The molecule has 0 amide bonds. The molecule has 4 heteroatoms. The first-order valence-electron chi connectivity index (χ1n) is 9.05. The van der Waals surface area contributed by atoms with Crippen LogP contribution in [-0.4, -0.2) is 29.6 Å². The molecule has 1 aliphatic rings. The number of hydrogen-bond donors (Lipinski definition) is 2. The summed E-state index contributed by atoms with van der Waals surface area (Å²) in [5.41, 5.74) is 11.0. The van der Waals surface area contributed by atoms with E-state index in [1.165, 1.54) is 0 Å². The van der Waals surface area contributed by atoms with Gasteiger partial charge in [0.2, 0.25) is 0 Å². The summed E-state index contributed by atoms with van der Waals surface area (Å²) < 4.78 is 0. The number of aliphatic hydroxyl groups excluding tert-OH is 1. The molecule has 3 aromatic rings. The Morgan fingerprint density at radius 1 is 0.926 bits per heavy atom. The normalized spacial score (nSPS) is 19.2. The molecule has 3 N–H and O–H groups in total. The Morgan fingerprint density at radius 2 is 1.63 bits per heavy atom. The van der Waals surface area contributed by atoms with Crippen LogP contribution in [0, 0.1) is 0 Å². The lowest BCUT2D eigenvalue weighted by Crippen LogP contribution is -2.34. The number of rotatable bonds is 4. The standard InChI is InChI=1S/C23H23N3O/c1-26-16-23(25-22(26)24,20-7-3-2-4-8-20)21-9-5-6-19(14-21)18-12-10-17(15-27)11-13-18/h2-14,27H,15-16H2,1H3,(H2,24,25). The van der Waals surface area contributed by atoms with Gasteiger partial charge in [0.25, 0.3) is 0 Å². The fraction of sp³-hybridized carbons (Fsp3) is 0.174. The fourth-order valence-corrected chi connectivity index (χ4v) is 3.69. The highest BCUT2D eigenvalue weighted by atomic mass is 16.3. The zero-order chi connectivity index (χ0) is 18.9. The first-order valence-corrected chi connectivity index (χ1v) is 9.05. The van der Waals surface area contributed by atoms with Crippen molar-refractivity contribution in [1.82, 2.24) is 4.90 Å². The Balaban J connectivity index is 1.82. The highest BCUT2D eigenvalue weighted by molar-refractivity contribution is 5.81. The maximum atomic E-state index is 9.27. The maximum Gasteiger partial charge on any atom is 0.192 e. The predicted molar refractivity (Wildman–Crippen MR) is 109 cm³/mol. The third-order valence-corrected chi connectivity index (χ3v) is 5.22. The Labute approximate surface area is 159 Å². The second-order valence-corrected chi connectivity index (χ2v) is 6.99. The molecule has 0 radical (unpaired) electrons. The van der Waals surface area contributed by atoms with Crippen molar-refractivity contribution < 1.29 is 5.11 Å². The van der Waals surface area contributed by atoms with Gasteiger partial charge in [0.1, 0.15) is 5.54 Å². The van der Waals surface area contributed by atoms with E-state index in [1.54, 1.807) is 0 Å². The van der Waals surface area contributed by atoms with E-state index in [4.69, 9.17) is 10.7 Å². The second kappa shape index (κ2) is 6.89. The smallest absolute Gasteiger partial charge is 0.192 e. The van der Waals surface area contributed by atoms with E-state index in [0.717, 1.165) is 27.8 Å². The fourth-order valence-electron chi connectivity index (χ4n) is 3.69. The Kier molecular flexibility index (Phi) is 4.42. The number of aliphatic hydroxyl groups is 1. The van der Waals surface area contributed by atoms with Gasteiger partial charge in [-0.1, -0.05) is 72.8 Å². The lowest BCUT2D eigenvalue weighted by Gasteiger charge is -2.28. The van der Waals surface area contributed by atoms with E-state index >= 15 is 0 Å². The molecule has 0 aromatic heterocycles. The molecule has 0 aliphatic carbocycles. The number of hydrogen-bond acceptors (Lipinski definition) is 4. The van der Waals surface area contributed by atoms with Gasteiger partial charge in [-0.05, 0) is 33.9 Å². The van der Waals surface area contributed by atoms with Gasteiger partial charge in [0.05, 0.1) is 13.2 Å². The van der Waals surface area contributed by atoms with Crippen molar-refractivity contribution in [2.75, 3.05) is 13.6 Å². The Hall–Kier alpha value is -3.11. The van der Waals surface area contributed by atoms with Crippen LogP contribution < -0.4 is 5.73 Å². The number of likely N-dealkylation sites (N-methyl/N-ethyl adjacent to an activating group) is 1. The predicted octanol–water partition coefficient (Wildman–Crippen LogP) is 3.35. The number of aliphatic imine (C=N–C) groups is 1. The second-order valence-electron chi connectivity index (χ2n) is 6.99. The third-order valence-electron chi connectivity index (χ3n) is 5.22. The summed E-state index contributed by atoms with van der Waals surface area (Å²) in [4.78, 5) is 6.89. The van der Waals surface area contributed by atoms with Crippen LogP contribution in [-0.2, 0) is 12.1 Å². The molecule has 3 aromatic carbocycles. The average molecular weight is 357 g/mol. The van der Waals surface area contributed by atoms with Gasteiger partial charge in [-0.3, -0.25) is 0 Å². The molecule has 27 heavy (non-hydrogen) atoms. The molecule has 4 rings (SSSR count). The number of nitrogens with zero attached hydrogens (tertiary/aromatic N) is 2. The van der Waals surface area contributed by atoms with Crippen molar-refractivity contribution in [3.63, 3.8) is 0 Å². The molecule has 0 bridgehead atoms. The molecule has 0 fully saturated rings. The summed E-state index contributed by atoms with van der Waals surface area (Å²) in [6, 6.07) is 26.8. The lowest BCUT2D eigenvalue weighted by molar-refractivity contribution is 0.282. The summed E-state index contributed by atoms with van der Waals surface area (Å²) in [5.74, 6) is 0.552. The number of guanidine groups is 1. The summed E-state index contributed by atoms with van der Waals surface area (Å²) >= 11 is 0. The minimum Gasteiger partial charge on any atom is -0.392 e. The maximum absolute atomic E-state index is 9.27. The molecule has 1 aliphatic heterocycles. The molecule has 0 saturated carbocycles. The molecule has 1 heterocycles. The summed E-state index contributed by atoms with van der Waals surface area (Å²) in [5, 5.41) is 9.27. The average Bonchev–Trinajstić information content (AvgIpc) is 3.04. The summed E-state index contributed by atoms with van der Waals surface area (Å²) in [7, 11) is 1.97. The van der Waals surface area contributed by atoms with E-state index in [0.29, 0.717) is 12.5 Å². The number of nitrogens with two attached hydrogens (primary N) is 1. The molecular formula is C23H23N3O. The van der Waals surface area contributed by atoms with Gasteiger partial charge >= 0.3 is 0 Å². The van der Waals surface area contributed by atoms with Gasteiger partial charge in [-0.25, -0.2) is 4.99 Å². The molecular weight excluding hydrogens is 334 g/mol. The van der Waals surface area contributed by atoms with Gasteiger partial charge in [0, 0.05) is 7.05 Å².